The second kappa shape index (κ2) is 8.98. The lowest BCUT2D eigenvalue weighted by molar-refractivity contribution is 0.242. The first kappa shape index (κ1) is 19.9. The minimum atomic E-state index is -0.179. The van der Waals surface area contributed by atoms with E-state index < -0.39 is 0 Å². The number of carbonyl (C=O) groups excluding carboxylic acids is 1. The van der Waals surface area contributed by atoms with E-state index in [0.717, 1.165) is 65.6 Å². The van der Waals surface area contributed by atoms with Crippen molar-refractivity contribution >= 4 is 33.8 Å². The first-order chi connectivity index (χ1) is 14.7. The number of hydrogen-bond donors (Lipinski definition) is 3. The predicted octanol–water partition coefficient (Wildman–Crippen LogP) is 4.04. The molecule has 4 N–H and O–H groups in total. The standard InChI is InChI=1S/C23H28N6O/c1-2-3-13-19-28-20-21(17-11-7-8-12-18(17)27-22(20)24)29(19)15-14-25-23(30)26-16-9-5-4-6-10-16/h4-5,7-9,11-12H,2-3,6,10,13-15H2,1H3,(H2,24,27)(H2,25,26,30). The average molecular weight is 405 g/mol. The van der Waals surface area contributed by atoms with Gasteiger partial charge in [0.05, 0.1) is 11.0 Å². The molecule has 0 fully saturated rings. The lowest BCUT2D eigenvalue weighted by Crippen LogP contribution is -2.37. The Bertz CT molecular complexity index is 1130. The zero-order chi connectivity index (χ0) is 20.9. The van der Waals surface area contributed by atoms with Gasteiger partial charge in [-0.05, 0) is 31.4 Å². The van der Waals surface area contributed by atoms with Crippen LogP contribution in [0.5, 0.6) is 0 Å². The van der Waals surface area contributed by atoms with Gasteiger partial charge >= 0.3 is 6.03 Å². The Hall–Kier alpha value is -3.35. The van der Waals surface area contributed by atoms with Gasteiger partial charge in [-0.25, -0.2) is 14.8 Å². The summed E-state index contributed by atoms with van der Waals surface area (Å²) in [5.74, 6) is 1.43. The summed E-state index contributed by atoms with van der Waals surface area (Å²) in [6.07, 6.45) is 10.8. The number of carbonyl (C=O) groups is 1. The van der Waals surface area contributed by atoms with E-state index in [4.69, 9.17) is 10.7 Å². The number of allylic oxidation sites excluding steroid dienone is 4. The normalized spacial score (nSPS) is 13.6. The predicted molar refractivity (Wildman–Crippen MR) is 121 cm³/mol. The van der Waals surface area contributed by atoms with Gasteiger partial charge in [0.15, 0.2) is 5.82 Å². The molecule has 1 aliphatic carbocycles. The van der Waals surface area contributed by atoms with Crippen molar-refractivity contribution in [3.8, 4) is 0 Å². The van der Waals surface area contributed by atoms with Gasteiger partial charge in [-0.1, -0.05) is 43.7 Å². The van der Waals surface area contributed by atoms with Gasteiger partial charge in [0, 0.05) is 30.6 Å². The van der Waals surface area contributed by atoms with Crippen molar-refractivity contribution in [1.29, 1.82) is 0 Å². The molecular weight excluding hydrogens is 376 g/mol. The van der Waals surface area contributed by atoms with Crippen LogP contribution in [0.15, 0.2) is 48.2 Å². The van der Waals surface area contributed by atoms with E-state index in [1.165, 1.54) is 0 Å². The summed E-state index contributed by atoms with van der Waals surface area (Å²) in [6, 6.07) is 7.80. The van der Waals surface area contributed by atoms with Crippen molar-refractivity contribution in [1.82, 2.24) is 25.2 Å². The zero-order valence-corrected chi connectivity index (χ0v) is 17.3. The van der Waals surface area contributed by atoms with Crippen LogP contribution in [-0.2, 0) is 13.0 Å². The summed E-state index contributed by atoms with van der Waals surface area (Å²) >= 11 is 0. The third kappa shape index (κ3) is 4.15. The van der Waals surface area contributed by atoms with Crippen LogP contribution in [0, 0.1) is 0 Å². The molecule has 3 aromatic rings. The van der Waals surface area contributed by atoms with Crippen molar-refractivity contribution in [3.63, 3.8) is 0 Å². The molecule has 4 rings (SSSR count). The molecule has 7 heteroatoms. The summed E-state index contributed by atoms with van der Waals surface area (Å²) in [5.41, 5.74) is 9.76. The van der Waals surface area contributed by atoms with Crippen LogP contribution in [0.3, 0.4) is 0 Å². The van der Waals surface area contributed by atoms with Crippen LogP contribution in [0.2, 0.25) is 0 Å². The minimum absolute atomic E-state index is 0.179. The average Bonchev–Trinajstić information content (AvgIpc) is 3.12. The molecule has 0 aliphatic heterocycles. The third-order valence-corrected chi connectivity index (χ3v) is 5.35. The van der Waals surface area contributed by atoms with Crippen molar-refractivity contribution in [2.75, 3.05) is 12.3 Å². The van der Waals surface area contributed by atoms with Gasteiger partial charge in [-0.15, -0.1) is 0 Å². The Kier molecular flexibility index (Phi) is 5.97. The van der Waals surface area contributed by atoms with E-state index in [9.17, 15) is 4.79 Å². The van der Waals surface area contributed by atoms with Crippen LogP contribution in [0.25, 0.3) is 21.9 Å². The number of nitrogens with zero attached hydrogens (tertiary/aromatic N) is 3. The molecule has 0 unspecified atom stereocenters. The number of anilines is 1. The topological polar surface area (TPSA) is 97.9 Å². The molecule has 30 heavy (non-hydrogen) atoms. The van der Waals surface area contributed by atoms with Crippen molar-refractivity contribution in [3.05, 3.63) is 54.0 Å². The highest BCUT2D eigenvalue weighted by Crippen LogP contribution is 2.29. The van der Waals surface area contributed by atoms with Crippen molar-refractivity contribution < 1.29 is 4.79 Å². The monoisotopic (exact) mass is 404 g/mol. The number of para-hydroxylation sites is 1. The smallest absolute Gasteiger partial charge is 0.319 e. The minimum Gasteiger partial charge on any atom is -0.382 e. The van der Waals surface area contributed by atoms with E-state index in [2.05, 4.69) is 39.3 Å². The van der Waals surface area contributed by atoms with Crippen LogP contribution in [0.1, 0.15) is 38.4 Å². The Morgan fingerprint density at radius 2 is 2.13 bits per heavy atom. The molecule has 7 nitrogen and oxygen atoms in total. The maximum atomic E-state index is 12.3. The molecule has 0 spiro atoms. The van der Waals surface area contributed by atoms with Crippen molar-refractivity contribution in [2.24, 2.45) is 0 Å². The van der Waals surface area contributed by atoms with Crippen LogP contribution in [-0.4, -0.2) is 27.1 Å². The van der Waals surface area contributed by atoms with E-state index in [0.29, 0.717) is 18.9 Å². The molecule has 2 heterocycles. The number of fused-ring (bicyclic) bond motifs is 3. The SMILES string of the molecule is CCCCc1nc2c(N)nc3ccccc3c2n1CCNC(=O)NC1=CC=CCC1. The number of nitrogens with one attached hydrogen (secondary N) is 2. The number of aryl methyl sites for hydroxylation is 1. The summed E-state index contributed by atoms with van der Waals surface area (Å²) in [5, 5.41) is 6.93. The number of benzene rings is 1. The van der Waals surface area contributed by atoms with Gasteiger partial charge in [0.25, 0.3) is 0 Å². The number of hydrogen-bond acceptors (Lipinski definition) is 4. The fraction of sp³-hybridized carbons (Fsp3) is 0.348. The number of unbranched alkanes of at least 4 members (excludes halogenated alkanes) is 1. The fourth-order valence-corrected chi connectivity index (χ4v) is 3.85. The number of nitrogens with two attached hydrogens (primary N) is 1. The zero-order valence-electron chi connectivity index (χ0n) is 17.3. The van der Waals surface area contributed by atoms with Gasteiger partial charge in [-0.2, -0.15) is 0 Å². The molecule has 156 valence electrons. The number of aromatic nitrogens is 3. The Morgan fingerprint density at radius 1 is 1.27 bits per heavy atom. The van der Waals surface area contributed by atoms with Gasteiger partial charge in [-0.3, -0.25) is 0 Å². The lowest BCUT2D eigenvalue weighted by atomic mass is 10.1. The van der Waals surface area contributed by atoms with Crippen LogP contribution < -0.4 is 16.4 Å². The first-order valence-electron chi connectivity index (χ1n) is 10.6. The number of urea groups is 1. The number of pyridine rings is 1. The maximum absolute atomic E-state index is 12.3. The van der Waals surface area contributed by atoms with Gasteiger partial charge < -0.3 is 20.9 Å². The van der Waals surface area contributed by atoms with E-state index >= 15 is 0 Å². The van der Waals surface area contributed by atoms with E-state index in [1.54, 1.807) is 0 Å². The van der Waals surface area contributed by atoms with Crippen LogP contribution in [0.4, 0.5) is 10.6 Å². The van der Waals surface area contributed by atoms with Gasteiger partial charge in [0.1, 0.15) is 11.3 Å². The van der Waals surface area contributed by atoms with Crippen LogP contribution >= 0.6 is 0 Å². The molecule has 0 radical (unpaired) electrons. The van der Waals surface area contributed by atoms with E-state index in [1.807, 2.05) is 30.4 Å². The highest BCUT2D eigenvalue weighted by Gasteiger charge is 2.17. The van der Waals surface area contributed by atoms with E-state index in [-0.39, 0.29) is 6.03 Å². The second-order valence-electron chi connectivity index (χ2n) is 7.53. The quantitative estimate of drug-likeness (QED) is 0.553. The highest BCUT2D eigenvalue weighted by molar-refractivity contribution is 6.06. The summed E-state index contributed by atoms with van der Waals surface area (Å²) < 4.78 is 2.19. The molecule has 2 aromatic heterocycles. The maximum Gasteiger partial charge on any atom is 0.319 e. The second-order valence-corrected chi connectivity index (χ2v) is 7.53. The number of imidazole rings is 1. The third-order valence-electron chi connectivity index (χ3n) is 5.35. The Balaban J connectivity index is 1.58. The number of amides is 2. The summed E-state index contributed by atoms with van der Waals surface area (Å²) in [4.78, 5) is 21.6. The molecule has 0 bridgehead atoms. The summed E-state index contributed by atoms with van der Waals surface area (Å²) in [7, 11) is 0. The van der Waals surface area contributed by atoms with Gasteiger partial charge in [0.2, 0.25) is 0 Å². The Morgan fingerprint density at radius 3 is 2.93 bits per heavy atom. The number of nitrogen functional groups attached to an aromatic ring is 1. The molecule has 1 aliphatic rings. The fourth-order valence-electron chi connectivity index (χ4n) is 3.85. The molecule has 0 saturated heterocycles. The molecule has 1 aromatic carbocycles. The molecule has 0 saturated carbocycles. The first-order valence-corrected chi connectivity index (χ1v) is 10.6. The molecular formula is C23H28N6O. The van der Waals surface area contributed by atoms with Crippen molar-refractivity contribution in [2.45, 2.75) is 45.6 Å². The summed E-state index contributed by atoms with van der Waals surface area (Å²) in [6.45, 7) is 3.28. The molecule has 2 amide bonds. The number of rotatable bonds is 7. The largest absolute Gasteiger partial charge is 0.382 e. The molecule has 0 atom stereocenters. The highest BCUT2D eigenvalue weighted by atomic mass is 16.2. The Labute approximate surface area is 176 Å². The lowest BCUT2D eigenvalue weighted by Gasteiger charge is -2.14.